The fraction of sp³-hybridized carbons (Fsp3) is 0.545. The SMILES string of the molecule is Cc1cc(C(=O)NC23CC(NC(=O)O)(C2)C3)on1. The largest absolute Gasteiger partial charge is 0.465 e. The van der Waals surface area contributed by atoms with Crippen molar-refractivity contribution in [1.82, 2.24) is 15.8 Å². The van der Waals surface area contributed by atoms with Gasteiger partial charge in [0.1, 0.15) is 0 Å². The fourth-order valence-electron chi connectivity index (χ4n) is 3.05. The molecule has 18 heavy (non-hydrogen) atoms. The Hall–Kier alpha value is -2.05. The van der Waals surface area contributed by atoms with E-state index in [1.54, 1.807) is 13.0 Å². The van der Waals surface area contributed by atoms with E-state index in [1.165, 1.54) is 0 Å². The van der Waals surface area contributed by atoms with Gasteiger partial charge in [0.15, 0.2) is 0 Å². The predicted octanol–water partition coefficient (Wildman–Crippen LogP) is 0.656. The molecule has 0 aromatic carbocycles. The summed E-state index contributed by atoms with van der Waals surface area (Å²) in [5, 5.41) is 17.7. The first-order chi connectivity index (χ1) is 8.42. The van der Waals surface area contributed by atoms with Crippen molar-refractivity contribution in [1.29, 1.82) is 0 Å². The van der Waals surface area contributed by atoms with Crippen LogP contribution >= 0.6 is 0 Å². The summed E-state index contributed by atoms with van der Waals surface area (Å²) in [5.41, 5.74) is 0.0678. The lowest BCUT2D eigenvalue weighted by Gasteiger charge is -2.69. The number of carbonyl (C=O) groups excluding carboxylic acids is 1. The van der Waals surface area contributed by atoms with E-state index in [2.05, 4.69) is 15.8 Å². The number of nitrogens with one attached hydrogen (secondary N) is 2. The topological polar surface area (TPSA) is 104 Å². The third-order valence-electron chi connectivity index (χ3n) is 3.63. The zero-order valence-corrected chi connectivity index (χ0v) is 9.82. The molecule has 0 atom stereocenters. The Morgan fingerprint density at radius 3 is 2.44 bits per heavy atom. The molecule has 0 unspecified atom stereocenters. The van der Waals surface area contributed by atoms with Crippen LogP contribution in [0.25, 0.3) is 0 Å². The maximum absolute atomic E-state index is 11.8. The van der Waals surface area contributed by atoms with Gasteiger partial charge in [-0.25, -0.2) is 4.79 Å². The number of rotatable bonds is 3. The Kier molecular flexibility index (Phi) is 1.99. The zero-order valence-electron chi connectivity index (χ0n) is 9.82. The van der Waals surface area contributed by atoms with Crippen molar-refractivity contribution in [3.8, 4) is 0 Å². The molecule has 3 N–H and O–H groups in total. The van der Waals surface area contributed by atoms with Gasteiger partial charge in [-0.2, -0.15) is 0 Å². The van der Waals surface area contributed by atoms with Gasteiger partial charge in [-0.1, -0.05) is 5.16 Å². The summed E-state index contributed by atoms with van der Waals surface area (Å²) < 4.78 is 4.88. The van der Waals surface area contributed by atoms with Crippen molar-refractivity contribution < 1.29 is 19.2 Å². The van der Waals surface area contributed by atoms with Crippen molar-refractivity contribution in [3.63, 3.8) is 0 Å². The molecule has 3 saturated carbocycles. The molecule has 3 fully saturated rings. The van der Waals surface area contributed by atoms with Gasteiger partial charge in [-0.15, -0.1) is 0 Å². The van der Waals surface area contributed by atoms with Crippen molar-refractivity contribution >= 4 is 12.0 Å². The maximum atomic E-state index is 11.8. The van der Waals surface area contributed by atoms with Gasteiger partial charge in [-0.05, 0) is 26.2 Å². The van der Waals surface area contributed by atoms with Gasteiger partial charge in [0, 0.05) is 11.6 Å². The van der Waals surface area contributed by atoms with E-state index in [1.807, 2.05) is 0 Å². The summed E-state index contributed by atoms with van der Waals surface area (Å²) in [7, 11) is 0. The Morgan fingerprint density at radius 1 is 1.33 bits per heavy atom. The zero-order chi connectivity index (χ0) is 13.0. The van der Waals surface area contributed by atoms with Crippen molar-refractivity contribution in [2.24, 2.45) is 0 Å². The number of aryl methyl sites for hydroxylation is 1. The van der Waals surface area contributed by atoms with E-state index in [-0.39, 0.29) is 22.7 Å². The Morgan fingerprint density at radius 2 is 1.94 bits per heavy atom. The van der Waals surface area contributed by atoms with Gasteiger partial charge in [0.05, 0.1) is 11.2 Å². The first-order valence-electron chi connectivity index (χ1n) is 5.69. The summed E-state index contributed by atoms with van der Waals surface area (Å²) in [4.78, 5) is 22.4. The summed E-state index contributed by atoms with van der Waals surface area (Å²) in [6, 6.07) is 1.58. The maximum Gasteiger partial charge on any atom is 0.405 e. The molecule has 3 aliphatic rings. The molecule has 1 heterocycles. The molecule has 4 rings (SSSR count). The molecule has 0 saturated heterocycles. The van der Waals surface area contributed by atoms with Crippen LogP contribution in [0.15, 0.2) is 10.6 Å². The molecule has 0 spiro atoms. The van der Waals surface area contributed by atoms with Gasteiger partial charge < -0.3 is 20.3 Å². The molecule has 2 bridgehead atoms. The highest BCUT2D eigenvalue weighted by atomic mass is 16.5. The average molecular weight is 251 g/mol. The van der Waals surface area contributed by atoms with Crippen LogP contribution in [-0.2, 0) is 0 Å². The highest BCUT2D eigenvalue weighted by molar-refractivity contribution is 5.92. The highest BCUT2D eigenvalue weighted by Crippen LogP contribution is 2.60. The minimum atomic E-state index is -1.01. The molecule has 7 nitrogen and oxygen atoms in total. The molecule has 96 valence electrons. The first-order valence-corrected chi connectivity index (χ1v) is 5.69. The molecular formula is C11H13N3O4. The van der Waals surface area contributed by atoms with Crippen molar-refractivity contribution in [3.05, 3.63) is 17.5 Å². The van der Waals surface area contributed by atoms with E-state index >= 15 is 0 Å². The van der Waals surface area contributed by atoms with Crippen molar-refractivity contribution in [2.75, 3.05) is 0 Å². The number of hydrogen-bond donors (Lipinski definition) is 3. The Bertz CT molecular complexity index is 516. The summed E-state index contributed by atoms with van der Waals surface area (Å²) >= 11 is 0. The summed E-state index contributed by atoms with van der Waals surface area (Å²) in [6.45, 7) is 1.74. The molecule has 1 aromatic rings. The number of aromatic nitrogens is 1. The fourth-order valence-corrected chi connectivity index (χ4v) is 3.05. The van der Waals surface area contributed by atoms with Crippen LogP contribution in [0.1, 0.15) is 35.5 Å². The van der Waals surface area contributed by atoms with Crippen LogP contribution in [0.3, 0.4) is 0 Å². The third-order valence-corrected chi connectivity index (χ3v) is 3.63. The van der Waals surface area contributed by atoms with Crippen LogP contribution in [0.4, 0.5) is 4.79 Å². The van der Waals surface area contributed by atoms with Gasteiger partial charge >= 0.3 is 6.09 Å². The average Bonchev–Trinajstić information content (AvgIpc) is 2.59. The second-order valence-corrected chi connectivity index (χ2v) is 5.31. The lowest BCUT2D eigenvalue weighted by molar-refractivity contribution is -0.0921. The van der Waals surface area contributed by atoms with Gasteiger partial charge in [0.25, 0.3) is 5.91 Å². The van der Waals surface area contributed by atoms with E-state index in [9.17, 15) is 9.59 Å². The first kappa shape index (κ1) is 11.1. The molecular weight excluding hydrogens is 238 g/mol. The normalized spacial score (nSPS) is 32.1. The van der Waals surface area contributed by atoms with Gasteiger partial charge in [-0.3, -0.25) is 4.79 Å². The third kappa shape index (κ3) is 1.54. The lowest BCUT2D eigenvalue weighted by Crippen LogP contribution is -2.83. The number of nitrogens with zero attached hydrogens (tertiary/aromatic N) is 1. The molecule has 1 aromatic heterocycles. The number of amides is 2. The van der Waals surface area contributed by atoms with Crippen LogP contribution < -0.4 is 10.6 Å². The van der Waals surface area contributed by atoms with Crippen LogP contribution in [0.2, 0.25) is 0 Å². The second kappa shape index (κ2) is 3.24. The number of carboxylic acid groups (broad SMARTS) is 1. The van der Waals surface area contributed by atoms with E-state index < -0.39 is 6.09 Å². The quantitative estimate of drug-likeness (QED) is 0.731. The predicted molar refractivity (Wildman–Crippen MR) is 59.2 cm³/mol. The molecule has 3 aliphatic carbocycles. The summed E-state index contributed by atoms with van der Waals surface area (Å²) in [5.74, 6) is -0.100. The van der Waals surface area contributed by atoms with Gasteiger partial charge in [0.2, 0.25) is 5.76 Å². The van der Waals surface area contributed by atoms with Crippen LogP contribution in [0, 0.1) is 6.92 Å². The Labute approximate surface area is 103 Å². The highest BCUT2D eigenvalue weighted by Gasteiger charge is 2.69. The molecule has 2 amide bonds. The Balaban J connectivity index is 1.58. The minimum Gasteiger partial charge on any atom is -0.465 e. The molecule has 7 heteroatoms. The van der Waals surface area contributed by atoms with Crippen LogP contribution in [0.5, 0.6) is 0 Å². The minimum absolute atomic E-state index is 0.192. The van der Waals surface area contributed by atoms with E-state index in [4.69, 9.17) is 9.63 Å². The summed E-state index contributed by atoms with van der Waals surface area (Å²) in [6.07, 6.45) is 0.919. The van der Waals surface area contributed by atoms with E-state index in [0.717, 1.165) is 0 Å². The van der Waals surface area contributed by atoms with E-state index in [0.29, 0.717) is 25.0 Å². The van der Waals surface area contributed by atoms with Crippen molar-refractivity contribution in [2.45, 2.75) is 37.3 Å². The smallest absolute Gasteiger partial charge is 0.405 e. The molecule has 0 aliphatic heterocycles. The monoisotopic (exact) mass is 251 g/mol. The van der Waals surface area contributed by atoms with Crippen LogP contribution in [-0.4, -0.2) is 33.3 Å². The number of hydrogen-bond acceptors (Lipinski definition) is 4. The number of carbonyl (C=O) groups is 2. The second-order valence-electron chi connectivity index (χ2n) is 5.31. The lowest BCUT2D eigenvalue weighted by atomic mass is 9.44. The molecule has 0 radical (unpaired) electrons. The standard InChI is InChI=1S/C11H13N3O4/c1-6-2-7(18-14-6)8(15)12-10-3-11(4-10,5-10)13-9(16)17/h2,13H,3-5H2,1H3,(H,12,15)(H,16,17).